The summed E-state index contributed by atoms with van der Waals surface area (Å²) in [5.74, 6) is -0.334. The van der Waals surface area contributed by atoms with Crippen LogP contribution in [-0.2, 0) is 11.3 Å². The number of piperazine rings is 1. The van der Waals surface area contributed by atoms with Crippen LogP contribution in [0.5, 0.6) is 0 Å². The van der Waals surface area contributed by atoms with Gasteiger partial charge in [-0.15, -0.1) is 0 Å². The Balaban J connectivity index is 1.79. The quantitative estimate of drug-likeness (QED) is 0.760. The van der Waals surface area contributed by atoms with Crippen LogP contribution in [0.4, 0.5) is 10.5 Å². The second-order valence-corrected chi connectivity index (χ2v) is 9.84. The van der Waals surface area contributed by atoms with E-state index in [1.165, 1.54) is 0 Å². The van der Waals surface area contributed by atoms with E-state index in [0.717, 1.165) is 17.7 Å². The molecule has 1 aromatic carbocycles. The fourth-order valence-electron chi connectivity index (χ4n) is 3.79. The number of fused-ring (bicyclic) bond motifs is 1. The monoisotopic (exact) mass is 418 g/mol. The number of nitrogens with zero attached hydrogens (tertiary/aromatic N) is 4. The molecule has 8 nitrogen and oxygen atoms in total. The summed E-state index contributed by atoms with van der Waals surface area (Å²) in [6, 6.07) is 5.88. The Morgan fingerprint density at radius 3 is 2.53 bits per heavy atom. The van der Waals surface area contributed by atoms with Gasteiger partial charge in [0.25, 0.3) is 0 Å². The molecule has 1 aromatic heterocycles. The molecule has 1 amide bonds. The third-order valence-electron chi connectivity index (χ3n) is 5.30. The van der Waals surface area contributed by atoms with Crippen LogP contribution >= 0.6 is 0 Å². The standard InChI is InChI=1S/C22H34N4O4/c1-21(2,3)30-20(28)26-13-11-24(15-22(26,4)5)16-8-9-17-18(14-16)29-19(27)25(17)12-10-23(6)7/h8-9,14H,10-13,15H2,1-7H3. The number of likely N-dealkylation sites (N-methyl/N-ethyl adjacent to an activating group) is 1. The van der Waals surface area contributed by atoms with Gasteiger partial charge in [0, 0.05) is 44.5 Å². The smallest absolute Gasteiger partial charge is 0.419 e. The van der Waals surface area contributed by atoms with Crippen LogP contribution in [0, 0.1) is 0 Å². The van der Waals surface area contributed by atoms with E-state index in [9.17, 15) is 9.59 Å². The van der Waals surface area contributed by atoms with E-state index in [4.69, 9.17) is 9.15 Å². The van der Waals surface area contributed by atoms with E-state index in [0.29, 0.717) is 31.8 Å². The first kappa shape index (κ1) is 22.2. The van der Waals surface area contributed by atoms with Crippen LogP contribution in [0.2, 0.25) is 0 Å². The molecule has 166 valence electrons. The lowest BCUT2D eigenvalue weighted by Gasteiger charge is -2.47. The summed E-state index contributed by atoms with van der Waals surface area (Å²) in [4.78, 5) is 31.0. The van der Waals surface area contributed by atoms with Gasteiger partial charge in [-0.2, -0.15) is 0 Å². The summed E-state index contributed by atoms with van der Waals surface area (Å²) in [7, 11) is 3.95. The summed E-state index contributed by atoms with van der Waals surface area (Å²) in [5, 5.41) is 0. The van der Waals surface area contributed by atoms with E-state index in [2.05, 4.69) is 4.90 Å². The van der Waals surface area contributed by atoms with Crippen LogP contribution < -0.4 is 10.7 Å². The maximum absolute atomic E-state index is 12.6. The molecule has 0 spiro atoms. The second-order valence-electron chi connectivity index (χ2n) is 9.84. The summed E-state index contributed by atoms with van der Waals surface area (Å²) in [6.07, 6.45) is -0.286. The number of anilines is 1. The first-order valence-electron chi connectivity index (χ1n) is 10.4. The minimum atomic E-state index is -0.521. The molecule has 0 N–H and O–H groups in total. The van der Waals surface area contributed by atoms with Gasteiger partial charge in [0.15, 0.2) is 5.58 Å². The van der Waals surface area contributed by atoms with Crippen molar-refractivity contribution in [3.8, 4) is 0 Å². The Morgan fingerprint density at radius 1 is 1.23 bits per heavy atom. The zero-order valence-corrected chi connectivity index (χ0v) is 19.2. The molecule has 0 unspecified atom stereocenters. The number of aromatic nitrogens is 1. The molecule has 3 rings (SSSR count). The van der Waals surface area contributed by atoms with Gasteiger partial charge in [-0.1, -0.05) is 0 Å². The predicted molar refractivity (Wildman–Crippen MR) is 118 cm³/mol. The van der Waals surface area contributed by atoms with Crippen LogP contribution in [0.3, 0.4) is 0 Å². The highest BCUT2D eigenvalue weighted by atomic mass is 16.6. The molecule has 1 fully saturated rings. The largest absolute Gasteiger partial charge is 0.444 e. The molecule has 0 bridgehead atoms. The van der Waals surface area contributed by atoms with Crippen LogP contribution in [0.15, 0.2) is 27.4 Å². The van der Waals surface area contributed by atoms with Crippen LogP contribution in [0.25, 0.3) is 11.1 Å². The predicted octanol–water partition coefficient (Wildman–Crippen LogP) is 2.99. The fourth-order valence-corrected chi connectivity index (χ4v) is 3.79. The number of hydrogen-bond acceptors (Lipinski definition) is 6. The van der Waals surface area contributed by atoms with Crippen molar-refractivity contribution < 1.29 is 13.9 Å². The third kappa shape index (κ3) is 4.80. The fraction of sp³-hybridized carbons (Fsp3) is 0.636. The number of benzene rings is 1. The van der Waals surface area contributed by atoms with Gasteiger partial charge in [0.2, 0.25) is 0 Å². The van der Waals surface area contributed by atoms with Crippen LogP contribution in [0.1, 0.15) is 34.6 Å². The van der Waals surface area contributed by atoms with E-state index >= 15 is 0 Å². The van der Waals surface area contributed by atoms with Gasteiger partial charge < -0.3 is 19.0 Å². The maximum atomic E-state index is 12.6. The molecule has 1 aliphatic heterocycles. The number of carbonyl (C=O) groups excluding carboxylic acids is 1. The molecule has 2 aromatic rings. The van der Waals surface area contributed by atoms with E-state index in [1.54, 1.807) is 9.47 Å². The summed E-state index contributed by atoms with van der Waals surface area (Å²) in [5.41, 5.74) is 1.45. The summed E-state index contributed by atoms with van der Waals surface area (Å²) in [6.45, 7) is 13.0. The first-order chi connectivity index (χ1) is 13.9. The number of amides is 1. The van der Waals surface area contributed by atoms with Crippen molar-refractivity contribution in [2.75, 3.05) is 45.2 Å². The van der Waals surface area contributed by atoms with Crippen molar-refractivity contribution in [2.24, 2.45) is 0 Å². The molecule has 1 saturated heterocycles. The van der Waals surface area contributed by atoms with Crippen molar-refractivity contribution in [3.05, 3.63) is 28.7 Å². The Hall–Kier alpha value is -2.48. The lowest BCUT2D eigenvalue weighted by atomic mass is 9.98. The summed E-state index contributed by atoms with van der Waals surface area (Å²) < 4.78 is 12.8. The zero-order valence-electron chi connectivity index (χ0n) is 19.2. The van der Waals surface area contributed by atoms with Crippen molar-refractivity contribution >= 4 is 22.9 Å². The molecule has 0 saturated carbocycles. The second kappa shape index (κ2) is 7.98. The molecule has 1 aliphatic rings. The number of hydrogen-bond donors (Lipinski definition) is 0. The van der Waals surface area contributed by atoms with Crippen molar-refractivity contribution in [2.45, 2.75) is 52.3 Å². The van der Waals surface area contributed by atoms with Crippen molar-refractivity contribution in [1.82, 2.24) is 14.4 Å². The number of carbonyl (C=O) groups is 1. The number of oxazole rings is 1. The average molecular weight is 419 g/mol. The number of rotatable bonds is 4. The minimum Gasteiger partial charge on any atom is -0.444 e. The topological polar surface area (TPSA) is 71.2 Å². The third-order valence-corrected chi connectivity index (χ3v) is 5.30. The molecule has 30 heavy (non-hydrogen) atoms. The highest BCUT2D eigenvalue weighted by molar-refractivity contribution is 5.78. The first-order valence-corrected chi connectivity index (χ1v) is 10.4. The Bertz CT molecular complexity index is 968. The van der Waals surface area contributed by atoms with Crippen LogP contribution in [-0.4, -0.2) is 71.9 Å². The maximum Gasteiger partial charge on any atom is 0.419 e. The van der Waals surface area contributed by atoms with Gasteiger partial charge in [-0.25, -0.2) is 9.59 Å². The van der Waals surface area contributed by atoms with Crippen molar-refractivity contribution in [1.29, 1.82) is 0 Å². The Morgan fingerprint density at radius 2 is 1.93 bits per heavy atom. The molecule has 0 aliphatic carbocycles. The molecular formula is C22H34N4O4. The van der Waals surface area contributed by atoms with Gasteiger partial charge in [0.1, 0.15) is 5.60 Å². The van der Waals surface area contributed by atoms with E-state index < -0.39 is 11.1 Å². The van der Waals surface area contributed by atoms with Gasteiger partial charge >= 0.3 is 11.8 Å². The van der Waals surface area contributed by atoms with Crippen molar-refractivity contribution in [3.63, 3.8) is 0 Å². The lowest BCUT2D eigenvalue weighted by molar-refractivity contribution is 0.000376. The van der Waals surface area contributed by atoms with E-state index in [-0.39, 0.29) is 11.8 Å². The highest BCUT2D eigenvalue weighted by Gasteiger charge is 2.39. The van der Waals surface area contributed by atoms with Gasteiger partial charge in [-0.3, -0.25) is 9.47 Å². The SMILES string of the molecule is CN(C)CCn1c(=O)oc2cc(N3CCN(C(=O)OC(C)(C)C)C(C)(C)C3)ccc21. The Labute approximate surface area is 178 Å². The lowest BCUT2D eigenvalue weighted by Crippen LogP contribution is -2.61. The molecule has 0 radical (unpaired) electrons. The average Bonchev–Trinajstić information content (AvgIpc) is 2.91. The minimum absolute atomic E-state index is 0.286. The summed E-state index contributed by atoms with van der Waals surface area (Å²) >= 11 is 0. The Kier molecular flexibility index (Phi) is 5.91. The zero-order chi connectivity index (χ0) is 22.3. The highest BCUT2D eigenvalue weighted by Crippen LogP contribution is 2.29. The van der Waals surface area contributed by atoms with Gasteiger partial charge in [0.05, 0.1) is 11.1 Å². The molecule has 2 heterocycles. The van der Waals surface area contributed by atoms with Gasteiger partial charge in [-0.05, 0) is 60.8 Å². The van der Waals surface area contributed by atoms with E-state index in [1.807, 2.05) is 71.8 Å². The molecular weight excluding hydrogens is 384 g/mol. The number of ether oxygens (including phenoxy) is 1. The molecule has 0 atom stereocenters. The molecule has 8 heteroatoms. The normalized spacial score (nSPS) is 17.1.